The number of pyridine rings is 1. The number of ether oxygens (including phenoxy) is 1. The topological polar surface area (TPSA) is 33.5 Å². The zero-order valence-electron chi connectivity index (χ0n) is 40.1. The van der Waals surface area contributed by atoms with Crippen molar-refractivity contribution in [1.82, 2.24) is 9.55 Å². The van der Waals surface area contributed by atoms with Gasteiger partial charge in [0, 0.05) is 66.9 Å². The molecule has 1 aliphatic heterocycles. The maximum absolute atomic E-state index is 6.71. The summed E-state index contributed by atoms with van der Waals surface area (Å²) in [5.41, 5.74) is 15.9. The zero-order chi connectivity index (χ0) is 46.1. The van der Waals surface area contributed by atoms with Crippen molar-refractivity contribution >= 4 is 44.6 Å². The minimum absolute atomic E-state index is 0. The van der Waals surface area contributed by atoms with Crippen LogP contribution in [0.5, 0.6) is 11.5 Å². The maximum atomic E-state index is 6.71. The average molecular weight is 1060 g/mol. The molecule has 0 bridgehead atoms. The molecule has 0 spiro atoms. The summed E-state index contributed by atoms with van der Waals surface area (Å²) in [6.45, 7) is 24.8. The number of aromatic nitrogens is 2. The van der Waals surface area contributed by atoms with Crippen molar-refractivity contribution in [3.05, 3.63) is 199 Å². The van der Waals surface area contributed by atoms with Crippen LogP contribution in [0.25, 0.3) is 49.9 Å². The Balaban J connectivity index is 0.00000562. The molecule has 0 atom stereocenters. The van der Waals surface area contributed by atoms with Gasteiger partial charge in [-0.25, -0.2) is 4.98 Å². The summed E-state index contributed by atoms with van der Waals surface area (Å²) in [4.78, 5) is 9.65. The van der Waals surface area contributed by atoms with Crippen LogP contribution in [0.3, 0.4) is 0 Å². The first kappa shape index (κ1) is 45.7. The zero-order valence-corrected chi connectivity index (χ0v) is 42.4. The molecule has 0 amide bonds. The van der Waals surface area contributed by atoms with Gasteiger partial charge in [0.15, 0.2) is 0 Å². The Labute approximate surface area is 411 Å². The molecule has 7 aromatic carbocycles. The molecule has 0 fully saturated rings. The molecule has 10 rings (SSSR count). The monoisotopic (exact) mass is 1060 g/mol. The van der Waals surface area contributed by atoms with E-state index in [2.05, 4.69) is 236 Å². The molecule has 9 aromatic rings. The first-order chi connectivity index (χ1) is 31.5. The van der Waals surface area contributed by atoms with E-state index in [4.69, 9.17) is 9.72 Å². The molecule has 0 aliphatic carbocycles. The summed E-state index contributed by atoms with van der Waals surface area (Å²) >= 11 is 0. The Morgan fingerprint density at radius 3 is 1.81 bits per heavy atom. The van der Waals surface area contributed by atoms with Gasteiger partial charge in [0.05, 0.1) is 0 Å². The first-order valence-corrected chi connectivity index (χ1v) is 23.0. The molecule has 0 unspecified atom stereocenters. The number of rotatable bonds is 7. The van der Waals surface area contributed by atoms with E-state index >= 15 is 0 Å². The fourth-order valence-corrected chi connectivity index (χ4v) is 9.03. The Morgan fingerprint density at radius 2 is 1.15 bits per heavy atom. The largest absolute Gasteiger partial charge is 0.509 e. The second kappa shape index (κ2) is 17.3. The molecule has 0 saturated heterocycles. The van der Waals surface area contributed by atoms with Gasteiger partial charge in [0.2, 0.25) is 0 Å². The molecular weight excluding hydrogens is 1000 g/mol. The smallest absolute Gasteiger partial charge is 0.135 e. The molecule has 2 aromatic heterocycles. The van der Waals surface area contributed by atoms with E-state index in [-0.39, 0.29) is 37.3 Å². The van der Waals surface area contributed by atoms with Crippen LogP contribution in [0.1, 0.15) is 84.6 Å². The minimum Gasteiger partial charge on any atom is -0.509 e. The van der Waals surface area contributed by atoms with Crippen LogP contribution in [-0.4, -0.2) is 9.55 Å². The van der Waals surface area contributed by atoms with Gasteiger partial charge in [-0.2, -0.15) is 12.1 Å². The van der Waals surface area contributed by atoms with Crippen LogP contribution in [0.2, 0.25) is 0 Å². The third-order valence-corrected chi connectivity index (χ3v) is 12.9. The number of fused-ring (bicyclic) bond motifs is 4. The van der Waals surface area contributed by atoms with Crippen LogP contribution < -0.4 is 14.5 Å². The Morgan fingerprint density at radius 1 is 0.522 bits per heavy atom. The van der Waals surface area contributed by atoms with Crippen LogP contribution >= 0.6 is 0 Å². The van der Waals surface area contributed by atoms with Crippen LogP contribution in [0.4, 0.5) is 22.7 Å². The summed E-state index contributed by atoms with van der Waals surface area (Å²) in [5, 5.41) is 2.20. The number of benzene rings is 7. The standard InChI is InChI=1S/C61H57N4O.Pt/c1-40-31-58(62-38-53(40)42-23-26-44(27-24-42)59(2,3)4)65-54-30-25-43(41-17-12-11-13-18-41)32-52(54)51-29-28-50(37-57(51)65)66-49-20-16-19-47(36-49)63-39-64(56-22-15-14-21-55(56)63)48-34-45(60(5,6)7)33-46(35-48)61(8,9)10;/h11-35,38-39H,1-10H3;/q-3;. The number of aryl methyl sites for hydroxylation is 1. The molecule has 0 saturated carbocycles. The van der Waals surface area contributed by atoms with Crippen LogP contribution in [0, 0.1) is 25.7 Å². The number of hydrogen-bond donors (Lipinski definition) is 0. The molecule has 3 heterocycles. The van der Waals surface area contributed by atoms with Crippen molar-refractivity contribution in [1.29, 1.82) is 0 Å². The van der Waals surface area contributed by atoms with E-state index in [0.29, 0.717) is 11.5 Å². The van der Waals surface area contributed by atoms with Gasteiger partial charge < -0.3 is 19.1 Å². The summed E-state index contributed by atoms with van der Waals surface area (Å²) in [6, 6.07) is 61.4. The van der Waals surface area contributed by atoms with Crippen molar-refractivity contribution in [2.45, 2.75) is 85.5 Å². The van der Waals surface area contributed by atoms with E-state index < -0.39 is 0 Å². The number of hydrogen-bond acceptors (Lipinski definition) is 4. The fourth-order valence-electron chi connectivity index (χ4n) is 9.03. The second-order valence-corrected chi connectivity index (χ2v) is 20.8. The molecule has 340 valence electrons. The summed E-state index contributed by atoms with van der Waals surface area (Å²) < 4.78 is 8.93. The van der Waals surface area contributed by atoms with E-state index in [1.165, 1.54) is 22.3 Å². The predicted molar refractivity (Wildman–Crippen MR) is 276 cm³/mol. The Kier molecular flexibility index (Phi) is 11.8. The van der Waals surface area contributed by atoms with E-state index in [0.717, 1.165) is 72.6 Å². The SMILES string of the molecule is Cc1cc(-n2c3[c-]c(Oc4[c-]c(N5[CH-]N(c6cc(C(C)(C)C)cc(C(C)(C)C)c6)c6ccccc65)ccc4)ccc3c3cc(-c4ccccc4)ccc32)ncc1-c1ccc(C(C)(C)C)cc1.[Pt]. The van der Waals surface area contributed by atoms with E-state index in [1.807, 2.05) is 24.4 Å². The van der Waals surface area contributed by atoms with E-state index in [9.17, 15) is 0 Å². The van der Waals surface area contributed by atoms with Crippen molar-refractivity contribution in [2.75, 3.05) is 9.80 Å². The predicted octanol–water partition coefficient (Wildman–Crippen LogP) is 16.5. The number of para-hydroxylation sites is 2. The maximum Gasteiger partial charge on any atom is 0.135 e. The average Bonchev–Trinajstić information content (AvgIpc) is 3.84. The van der Waals surface area contributed by atoms with Crippen molar-refractivity contribution in [3.8, 4) is 39.6 Å². The summed E-state index contributed by atoms with van der Waals surface area (Å²) in [5.74, 6) is 2.02. The number of nitrogens with zero attached hydrogens (tertiary/aromatic N) is 4. The molecule has 6 heteroatoms. The first-order valence-electron chi connectivity index (χ1n) is 23.0. The molecule has 1 aliphatic rings. The van der Waals surface area contributed by atoms with Crippen molar-refractivity contribution in [2.24, 2.45) is 0 Å². The molecule has 0 radical (unpaired) electrons. The van der Waals surface area contributed by atoms with Crippen LogP contribution in [-0.2, 0) is 37.3 Å². The van der Waals surface area contributed by atoms with Gasteiger partial charge >= 0.3 is 0 Å². The third kappa shape index (κ3) is 8.83. The fraction of sp³-hybridized carbons (Fsp3) is 0.213. The normalized spacial score (nSPS) is 13.0. The van der Waals surface area contributed by atoms with Crippen LogP contribution in [0.15, 0.2) is 158 Å². The van der Waals surface area contributed by atoms with Gasteiger partial charge in [-0.1, -0.05) is 153 Å². The van der Waals surface area contributed by atoms with Gasteiger partial charge in [0.25, 0.3) is 0 Å². The summed E-state index contributed by atoms with van der Waals surface area (Å²) in [6.07, 6.45) is 2.01. The van der Waals surface area contributed by atoms with E-state index in [1.54, 1.807) is 0 Å². The summed E-state index contributed by atoms with van der Waals surface area (Å²) in [7, 11) is 0. The van der Waals surface area contributed by atoms with Crippen molar-refractivity contribution < 1.29 is 25.8 Å². The van der Waals surface area contributed by atoms with Gasteiger partial charge in [0.1, 0.15) is 5.82 Å². The van der Waals surface area contributed by atoms with Gasteiger partial charge in [-0.15, -0.1) is 48.1 Å². The Hall–Kier alpha value is -6.42. The second-order valence-electron chi connectivity index (χ2n) is 20.8. The third-order valence-electron chi connectivity index (χ3n) is 12.9. The molecular formula is C61H57N4OPt-3. The number of anilines is 4. The minimum atomic E-state index is -0.00661. The van der Waals surface area contributed by atoms with Gasteiger partial charge in [-0.3, -0.25) is 0 Å². The molecule has 5 nitrogen and oxygen atoms in total. The Bertz CT molecular complexity index is 3240. The molecule has 67 heavy (non-hydrogen) atoms. The van der Waals surface area contributed by atoms with Gasteiger partial charge in [-0.05, 0) is 104 Å². The molecule has 0 N–H and O–H groups in total. The quantitative estimate of drug-likeness (QED) is 0.149. The van der Waals surface area contributed by atoms with Crippen molar-refractivity contribution in [3.63, 3.8) is 0 Å².